The van der Waals surface area contributed by atoms with Gasteiger partial charge in [0.25, 0.3) is 0 Å². The summed E-state index contributed by atoms with van der Waals surface area (Å²) < 4.78 is 2.32. The maximum absolute atomic E-state index is 4.57. The van der Waals surface area contributed by atoms with Crippen molar-refractivity contribution in [1.29, 1.82) is 0 Å². The Labute approximate surface area is 178 Å². The minimum Gasteiger partial charge on any atom is -0.199 e. The Morgan fingerprint density at radius 2 is 1.59 bits per heavy atom. The van der Waals surface area contributed by atoms with Crippen molar-refractivity contribution < 1.29 is 4.58 Å². The van der Waals surface area contributed by atoms with Gasteiger partial charge in [-0.15, -0.1) is 0 Å². The van der Waals surface area contributed by atoms with Gasteiger partial charge in [0, 0.05) is 25.0 Å². The highest BCUT2D eigenvalue weighted by Crippen LogP contribution is 2.65. The monoisotopic (exact) mass is 388 g/mol. The van der Waals surface area contributed by atoms with Crippen LogP contribution in [0.25, 0.3) is 11.1 Å². The Morgan fingerprint density at radius 1 is 0.966 bits per heavy atom. The fourth-order valence-corrected chi connectivity index (χ4v) is 5.17. The second-order valence-electron chi connectivity index (χ2n) is 9.24. The lowest BCUT2D eigenvalue weighted by Gasteiger charge is -2.22. The summed E-state index contributed by atoms with van der Waals surface area (Å²) in [5.74, 6) is 0. The topological polar surface area (TPSA) is 3.01 Å². The molecule has 0 spiro atoms. The van der Waals surface area contributed by atoms with E-state index < -0.39 is 0 Å². The van der Waals surface area contributed by atoms with Crippen LogP contribution < -0.4 is 0 Å². The Hall–Kier alpha value is -2.15. The van der Waals surface area contributed by atoms with Gasteiger partial charge in [-0.1, -0.05) is 61.7 Å². The predicted octanol–water partition coefficient (Wildman–Crippen LogP) is 7.87. The molecule has 1 fully saturated rings. The van der Waals surface area contributed by atoms with Crippen LogP contribution in [-0.4, -0.2) is 16.8 Å². The van der Waals surface area contributed by atoms with Crippen molar-refractivity contribution in [3.63, 3.8) is 0 Å². The third kappa shape index (κ3) is 3.61. The summed E-state index contributed by atoms with van der Waals surface area (Å²) in [6.45, 7) is 20.7. The lowest BCUT2D eigenvalue weighted by atomic mass is 9.86. The molecule has 3 rings (SSSR count). The number of aryl methyl sites for hydroxylation is 2. The van der Waals surface area contributed by atoms with Gasteiger partial charge in [0.05, 0.1) is 5.41 Å². The van der Waals surface area contributed by atoms with Gasteiger partial charge in [-0.05, 0) is 63.3 Å². The summed E-state index contributed by atoms with van der Waals surface area (Å²) in [5.41, 5.74) is 10.00. The molecule has 1 nitrogen and oxygen atoms in total. The van der Waals surface area contributed by atoms with Crippen molar-refractivity contribution in [3.05, 3.63) is 64.7 Å². The number of hydrogen-bond donors (Lipinski definition) is 0. The SMILES string of the molecule is C=[N+](c1ccc(-c2ccc(C)cc2)cc1CC)C1(C)CC1(C)/C(CC)=C(\C)CC. The molecule has 0 aromatic heterocycles. The zero-order chi connectivity index (χ0) is 21.4. The van der Waals surface area contributed by atoms with Crippen molar-refractivity contribution in [2.75, 3.05) is 0 Å². The fraction of sp³-hybridized carbons (Fsp3) is 0.464. The van der Waals surface area contributed by atoms with Crippen LogP contribution in [0.1, 0.15) is 71.9 Å². The largest absolute Gasteiger partial charge is 0.208 e. The van der Waals surface area contributed by atoms with Crippen molar-refractivity contribution >= 4 is 12.4 Å². The van der Waals surface area contributed by atoms with Crippen LogP contribution in [0.15, 0.2) is 53.6 Å². The van der Waals surface area contributed by atoms with Gasteiger partial charge in [-0.2, -0.15) is 4.58 Å². The molecule has 2 aromatic carbocycles. The van der Waals surface area contributed by atoms with Crippen LogP contribution in [0.3, 0.4) is 0 Å². The average Bonchev–Trinajstić information content (AvgIpc) is 3.30. The third-order valence-corrected chi connectivity index (χ3v) is 7.56. The molecule has 0 bridgehead atoms. The second-order valence-corrected chi connectivity index (χ2v) is 9.24. The number of benzene rings is 2. The summed E-state index contributed by atoms with van der Waals surface area (Å²) in [7, 11) is 0. The zero-order valence-corrected chi connectivity index (χ0v) is 19.5. The van der Waals surface area contributed by atoms with E-state index in [2.05, 4.69) is 102 Å². The molecule has 1 heteroatoms. The summed E-state index contributed by atoms with van der Waals surface area (Å²) in [6.07, 6.45) is 4.45. The Morgan fingerprint density at radius 3 is 2.14 bits per heavy atom. The lowest BCUT2D eigenvalue weighted by molar-refractivity contribution is -0.496. The highest BCUT2D eigenvalue weighted by molar-refractivity contribution is 5.67. The van der Waals surface area contributed by atoms with E-state index in [0.29, 0.717) is 0 Å². The molecule has 154 valence electrons. The van der Waals surface area contributed by atoms with Crippen LogP contribution in [0.4, 0.5) is 5.69 Å². The molecule has 1 saturated carbocycles. The van der Waals surface area contributed by atoms with E-state index in [1.54, 1.807) is 11.1 Å². The molecule has 29 heavy (non-hydrogen) atoms. The smallest absolute Gasteiger partial charge is 0.199 e. The molecule has 0 heterocycles. The van der Waals surface area contributed by atoms with E-state index in [0.717, 1.165) is 19.3 Å². The molecule has 1 aliphatic carbocycles. The highest BCUT2D eigenvalue weighted by Gasteiger charge is 2.71. The van der Waals surface area contributed by atoms with E-state index in [9.17, 15) is 0 Å². The molecule has 2 aromatic rings. The van der Waals surface area contributed by atoms with Crippen molar-refractivity contribution in [1.82, 2.24) is 0 Å². The molecule has 0 saturated heterocycles. The first kappa shape index (κ1) is 21.6. The minimum atomic E-state index is 0.0735. The molecule has 2 atom stereocenters. The molecule has 0 radical (unpaired) electrons. The predicted molar refractivity (Wildman–Crippen MR) is 127 cm³/mol. The van der Waals surface area contributed by atoms with Gasteiger partial charge in [0.15, 0.2) is 5.54 Å². The van der Waals surface area contributed by atoms with E-state index in [1.807, 2.05) is 0 Å². The quantitative estimate of drug-likeness (QED) is 0.258. The van der Waals surface area contributed by atoms with E-state index in [-0.39, 0.29) is 11.0 Å². The first-order chi connectivity index (χ1) is 13.7. The van der Waals surface area contributed by atoms with Gasteiger partial charge in [0.1, 0.15) is 6.72 Å². The van der Waals surface area contributed by atoms with Crippen LogP contribution in [0.5, 0.6) is 0 Å². The van der Waals surface area contributed by atoms with Crippen LogP contribution in [0.2, 0.25) is 0 Å². The number of allylic oxidation sites excluding steroid dienone is 1. The number of rotatable bonds is 7. The van der Waals surface area contributed by atoms with Crippen molar-refractivity contribution in [2.45, 2.75) is 79.7 Å². The Bertz CT molecular complexity index is 947. The minimum absolute atomic E-state index is 0.0735. The fourth-order valence-electron chi connectivity index (χ4n) is 5.17. The van der Waals surface area contributed by atoms with Crippen LogP contribution in [-0.2, 0) is 6.42 Å². The third-order valence-electron chi connectivity index (χ3n) is 7.56. The first-order valence-corrected chi connectivity index (χ1v) is 11.2. The number of hydrogen-bond acceptors (Lipinski definition) is 0. The summed E-state index contributed by atoms with van der Waals surface area (Å²) in [4.78, 5) is 0. The van der Waals surface area contributed by atoms with E-state index in [1.165, 1.54) is 34.4 Å². The van der Waals surface area contributed by atoms with E-state index >= 15 is 0 Å². The molecule has 0 N–H and O–H groups in total. The first-order valence-electron chi connectivity index (χ1n) is 11.2. The van der Waals surface area contributed by atoms with Gasteiger partial charge >= 0.3 is 0 Å². The number of nitrogens with zero attached hydrogens (tertiary/aromatic N) is 1. The molecular formula is C28H38N+. The maximum atomic E-state index is 4.57. The van der Waals surface area contributed by atoms with Crippen molar-refractivity contribution in [2.24, 2.45) is 5.41 Å². The maximum Gasteiger partial charge on any atom is 0.208 e. The zero-order valence-electron chi connectivity index (χ0n) is 19.5. The van der Waals surface area contributed by atoms with Gasteiger partial charge < -0.3 is 0 Å². The van der Waals surface area contributed by atoms with Crippen LogP contribution >= 0.6 is 0 Å². The average molecular weight is 389 g/mol. The molecular weight excluding hydrogens is 350 g/mol. The molecule has 1 aliphatic rings. The Kier molecular flexibility index (Phi) is 5.90. The normalized spacial score (nSPS) is 24.2. The van der Waals surface area contributed by atoms with E-state index in [4.69, 9.17) is 0 Å². The molecule has 0 aliphatic heterocycles. The Balaban J connectivity index is 1.97. The molecule has 2 unspecified atom stereocenters. The lowest BCUT2D eigenvalue weighted by Crippen LogP contribution is -2.28. The summed E-state index contributed by atoms with van der Waals surface area (Å²) in [6, 6.07) is 15.7. The summed E-state index contributed by atoms with van der Waals surface area (Å²) in [5, 5.41) is 0. The second kappa shape index (κ2) is 7.94. The standard InChI is InChI=1S/C28H38N/c1-9-21(5)25(11-3)27(6)19-28(27,7)29(8)26-17-16-24(18-22(26)10-2)23-14-12-20(4)13-15-23/h12-18H,8-11,19H2,1-7H3/q+1/b25-21+. The highest BCUT2D eigenvalue weighted by atomic mass is 15.1. The van der Waals surface area contributed by atoms with Crippen LogP contribution in [0, 0.1) is 12.3 Å². The summed E-state index contributed by atoms with van der Waals surface area (Å²) >= 11 is 0. The van der Waals surface area contributed by atoms with Gasteiger partial charge in [0.2, 0.25) is 5.69 Å². The van der Waals surface area contributed by atoms with Gasteiger partial charge in [-0.25, -0.2) is 0 Å². The van der Waals surface area contributed by atoms with Gasteiger partial charge in [-0.3, -0.25) is 0 Å². The molecule has 0 amide bonds. The van der Waals surface area contributed by atoms with Crippen molar-refractivity contribution in [3.8, 4) is 11.1 Å².